The van der Waals surface area contributed by atoms with E-state index in [4.69, 9.17) is 5.73 Å². The lowest BCUT2D eigenvalue weighted by Gasteiger charge is -2.17. The van der Waals surface area contributed by atoms with E-state index in [9.17, 15) is 0 Å². The summed E-state index contributed by atoms with van der Waals surface area (Å²) in [4.78, 5) is 6.82. The molecule has 0 bridgehead atoms. The van der Waals surface area contributed by atoms with E-state index in [0.717, 1.165) is 24.1 Å². The molecule has 0 aliphatic carbocycles. The van der Waals surface area contributed by atoms with Gasteiger partial charge < -0.3 is 5.73 Å². The molecule has 2 N–H and O–H groups in total. The predicted octanol–water partition coefficient (Wildman–Crippen LogP) is 2.14. The zero-order chi connectivity index (χ0) is 11.5. The SMILES string of the molecule is CC(C)C1CCN(Cc2cccc(N)n2)C1. The largest absolute Gasteiger partial charge is 0.384 e. The maximum Gasteiger partial charge on any atom is 0.123 e. The minimum atomic E-state index is 0.622. The molecule has 1 saturated heterocycles. The fraction of sp³-hybridized carbons (Fsp3) is 0.615. The maximum atomic E-state index is 5.68. The average molecular weight is 219 g/mol. The van der Waals surface area contributed by atoms with Crippen LogP contribution < -0.4 is 5.73 Å². The third-order valence-electron chi connectivity index (χ3n) is 3.47. The molecular weight excluding hydrogens is 198 g/mol. The van der Waals surface area contributed by atoms with E-state index in [0.29, 0.717) is 5.82 Å². The van der Waals surface area contributed by atoms with Crippen molar-refractivity contribution in [1.82, 2.24) is 9.88 Å². The van der Waals surface area contributed by atoms with Crippen molar-refractivity contribution in [3.63, 3.8) is 0 Å². The van der Waals surface area contributed by atoms with Gasteiger partial charge in [0.05, 0.1) is 5.69 Å². The summed E-state index contributed by atoms with van der Waals surface area (Å²) in [5, 5.41) is 0. The molecule has 0 spiro atoms. The number of nitrogen functional groups attached to an aromatic ring is 1. The number of nitrogens with two attached hydrogens (primary N) is 1. The lowest BCUT2D eigenvalue weighted by molar-refractivity contribution is 0.294. The average Bonchev–Trinajstić information content (AvgIpc) is 2.66. The molecule has 0 aromatic carbocycles. The van der Waals surface area contributed by atoms with Crippen molar-refractivity contribution < 1.29 is 0 Å². The topological polar surface area (TPSA) is 42.1 Å². The quantitative estimate of drug-likeness (QED) is 0.847. The molecule has 1 unspecified atom stereocenters. The zero-order valence-corrected chi connectivity index (χ0v) is 10.2. The first-order valence-corrected chi connectivity index (χ1v) is 6.09. The molecule has 2 rings (SSSR count). The number of hydrogen-bond acceptors (Lipinski definition) is 3. The molecule has 1 aliphatic rings. The second kappa shape index (κ2) is 4.83. The fourth-order valence-electron chi connectivity index (χ4n) is 2.37. The molecule has 0 amide bonds. The molecule has 1 atom stereocenters. The van der Waals surface area contributed by atoms with E-state index in [1.54, 1.807) is 0 Å². The fourth-order valence-corrected chi connectivity index (χ4v) is 2.37. The molecule has 1 aromatic rings. The van der Waals surface area contributed by atoms with Crippen LogP contribution in [0.15, 0.2) is 18.2 Å². The van der Waals surface area contributed by atoms with Crippen LogP contribution in [-0.4, -0.2) is 23.0 Å². The van der Waals surface area contributed by atoms with Crippen molar-refractivity contribution in [2.75, 3.05) is 18.8 Å². The van der Waals surface area contributed by atoms with Gasteiger partial charge in [-0.25, -0.2) is 4.98 Å². The number of rotatable bonds is 3. The third kappa shape index (κ3) is 2.73. The van der Waals surface area contributed by atoms with E-state index in [-0.39, 0.29) is 0 Å². The third-order valence-corrected chi connectivity index (χ3v) is 3.47. The van der Waals surface area contributed by atoms with Gasteiger partial charge in [-0.3, -0.25) is 4.90 Å². The highest BCUT2D eigenvalue weighted by Crippen LogP contribution is 2.24. The van der Waals surface area contributed by atoms with Crippen LogP contribution in [0.25, 0.3) is 0 Å². The van der Waals surface area contributed by atoms with E-state index in [1.807, 2.05) is 12.1 Å². The van der Waals surface area contributed by atoms with Crippen LogP contribution >= 0.6 is 0 Å². The number of hydrogen-bond donors (Lipinski definition) is 1. The van der Waals surface area contributed by atoms with Gasteiger partial charge in [-0.05, 0) is 36.9 Å². The van der Waals surface area contributed by atoms with Gasteiger partial charge in [0.15, 0.2) is 0 Å². The van der Waals surface area contributed by atoms with E-state index >= 15 is 0 Å². The molecule has 1 aromatic heterocycles. The van der Waals surface area contributed by atoms with E-state index < -0.39 is 0 Å². The summed E-state index contributed by atoms with van der Waals surface area (Å²) in [5.74, 6) is 2.26. The molecule has 3 heteroatoms. The molecule has 0 radical (unpaired) electrons. The maximum absolute atomic E-state index is 5.68. The van der Waals surface area contributed by atoms with Gasteiger partial charge in [0.25, 0.3) is 0 Å². The van der Waals surface area contributed by atoms with Gasteiger partial charge >= 0.3 is 0 Å². The molecule has 1 aliphatic heterocycles. The van der Waals surface area contributed by atoms with E-state index in [1.165, 1.54) is 19.5 Å². The van der Waals surface area contributed by atoms with Crippen LogP contribution in [0, 0.1) is 11.8 Å². The van der Waals surface area contributed by atoms with Gasteiger partial charge in [-0.1, -0.05) is 19.9 Å². The summed E-state index contributed by atoms with van der Waals surface area (Å²) in [7, 11) is 0. The molecule has 88 valence electrons. The highest BCUT2D eigenvalue weighted by atomic mass is 15.2. The lowest BCUT2D eigenvalue weighted by atomic mass is 9.95. The molecule has 2 heterocycles. The van der Waals surface area contributed by atoms with Crippen LogP contribution in [0.1, 0.15) is 26.0 Å². The van der Waals surface area contributed by atoms with Crippen molar-refractivity contribution in [2.24, 2.45) is 11.8 Å². The Balaban J connectivity index is 1.92. The Labute approximate surface area is 97.7 Å². The normalized spacial score (nSPS) is 21.8. The van der Waals surface area contributed by atoms with Crippen molar-refractivity contribution in [1.29, 1.82) is 0 Å². The molecular formula is C13H21N3. The Hall–Kier alpha value is -1.09. The molecule has 0 saturated carbocycles. The van der Waals surface area contributed by atoms with Crippen LogP contribution in [0.5, 0.6) is 0 Å². The summed E-state index contributed by atoms with van der Waals surface area (Å²) >= 11 is 0. The Morgan fingerprint density at radius 1 is 1.50 bits per heavy atom. The smallest absolute Gasteiger partial charge is 0.123 e. The standard InChI is InChI=1S/C13H21N3/c1-10(2)11-6-7-16(8-11)9-12-4-3-5-13(14)15-12/h3-5,10-11H,6-9H2,1-2H3,(H2,14,15). The van der Waals surface area contributed by atoms with Crippen molar-refractivity contribution in [2.45, 2.75) is 26.8 Å². The lowest BCUT2D eigenvalue weighted by Crippen LogP contribution is -2.22. The van der Waals surface area contributed by atoms with Crippen LogP contribution in [0.3, 0.4) is 0 Å². The summed E-state index contributed by atoms with van der Waals surface area (Å²) in [6.07, 6.45) is 1.32. The highest BCUT2D eigenvalue weighted by Gasteiger charge is 2.24. The number of nitrogens with zero attached hydrogens (tertiary/aromatic N) is 2. The Kier molecular flexibility index (Phi) is 3.44. The Morgan fingerprint density at radius 3 is 2.94 bits per heavy atom. The minimum Gasteiger partial charge on any atom is -0.384 e. The number of pyridine rings is 1. The van der Waals surface area contributed by atoms with Crippen molar-refractivity contribution in [3.05, 3.63) is 23.9 Å². The van der Waals surface area contributed by atoms with Gasteiger partial charge in [0, 0.05) is 13.1 Å². The molecule has 16 heavy (non-hydrogen) atoms. The van der Waals surface area contributed by atoms with Crippen LogP contribution in [0.4, 0.5) is 5.82 Å². The summed E-state index contributed by atoms with van der Waals surface area (Å²) in [5.41, 5.74) is 6.77. The zero-order valence-electron chi connectivity index (χ0n) is 10.2. The second-order valence-electron chi connectivity index (χ2n) is 5.08. The van der Waals surface area contributed by atoms with Gasteiger partial charge in [-0.2, -0.15) is 0 Å². The van der Waals surface area contributed by atoms with E-state index in [2.05, 4.69) is 29.8 Å². The summed E-state index contributed by atoms with van der Waals surface area (Å²) < 4.78 is 0. The highest BCUT2D eigenvalue weighted by molar-refractivity contribution is 5.28. The second-order valence-corrected chi connectivity index (χ2v) is 5.08. The van der Waals surface area contributed by atoms with Crippen LogP contribution in [0.2, 0.25) is 0 Å². The van der Waals surface area contributed by atoms with Gasteiger partial charge in [0.2, 0.25) is 0 Å². The summed E-state index contributed by atoms with van der Waals surface area (Å²) in [6, 6.07) is 5.87. The van der Waals surface area contributed by atoms with Crippen molar-refractivity contribution in [3.8, 4) is 0 Å². The first-order valence-electron chi connectivity index (χ1n) is 6.09. The molecule has 1 fully saturated rings. The summed E-state index contributed by atoms with van der Waals surface area (Å²) in [6.45, 7) is 7.96. The number of aromatic nitrogens is 1. The van der Waals surface area contributed by atoms with Gasteiger partial charge in [-0.15, -0.1) is 0 Å². The Morgan fingerprint density at radius 2 is 2.31 bits per heavy atom. The minimum absolute atomic E-state index is 0.622. The van der Waals surface area contributed by atoms with Crippen LogP contribution in [-0.2, 0) is 6.54 Å². The number of anilines is 1. The van der Waals surface area contributed by atoms with Gasteiger partial charge in [0.1, 0.15) is 5.82 Å². The monoisotopic (exact) mass is 219 g/mol. The van der Waals surface area contributed by atoms with Crippen molar-refractivity contribution >= 4 is 5.82 Å². The Bertz CT molecular complexity index is 349. The predicted molar refractivity (Wildman–Crippen MR) is 66.9 cm³/mol. The number of likely N-dealkylation sites (tertiary alicyclic amines) is 1. The molecule has 3 nitrogen and oxygen atoms in total. The first-order chi connectivity index (χ1) is 7.65. The first kappa shape index (κ1) is 11.4.